The van der Waals surface area contributed by atoms with Crippen LogP contribution in [0, 0.1) is 0 Å². The topological polar surface area (TPSA) is 211 Å². The minimum absolute atomic E-state index is 0.0288. The highest BCUT2D eigenvalue weighted by Crippen LogP contribution is 2.33. The molecule has 8 rings (SSSR count). The summed E-state index contributed by atoms with van der Waals surface area (Å²) in [6.45, 7) is 3.73. The average molecular weight is 1080 g/mol. The van der Waals surface area contributed by atoms with Gasteiger partial charge in [-0.3, -0.25) is 39.1 Å². The van der Waals surface area contributed by atoms with E-state index in [1.807, 2.05) is 58.3 Å². The lowest BCUT2D eigenvalue weighted by atomic mass is 9.91. The maximum Gasteiger partial charge on any atom is 0.271 e. The number of pyridine rings is 1. The van der Waals surface area contributed by atoms with Crippen LogP contribution in [0.2, 0.25) is 10.0 Å². The van der Waals surface area contributed by atoms with Gasteiger partial charge in [0.2, 0.25) is 23.6 Å². The molecule has 3 aliphatic heterocycles. The molecule has 3 aliphatic rings. The van der Waals surface area contributed by atoms with Gasteiger partial charge in [0, 0.05) is 94.3 Å². The molecule has 402 valence electrons. The molecular weight excluding hydrogens is 1010 g/mol. The number of amides is 6. The molecule has 3 aromatic carbocycles. The fraction of sp³-hybridized carbons (Fsp3) is 0.439. The molecule has 1 atom stereocenters. The number of aromatic nitrogens is 3. The Kier molecular flexibility index (Phi) is 19.5. The molecule has 19 heteroatoms. The van der Waals surface area contributed by atoms with Gasteiger partial charge in [-0.1, -0.05) is 98.8 Å². The van der Waals surface area contributed by atoms with E-state index in [2.05, 4.69) is 36.2 Å². The normalized spacial score (nSPS) is 16.5. The number of benzene rings is 3. The van der Waals surface area contributed by atoms with Crippen LogP contribution >= 0.6 is 23.2 Å². The van der Waals surface area contributed by atoms with Gasteiger partial charge in [-0.2, -0.15) is 5.10 Å². The highest BCUT2D eigenvalue weighted by molar-refractivity contribution is 6.38. The van der Waals surface area contributed by atoms with Crippen molar-refractivity contribution >= 4 is 75.8 Å². The van der Waals surface area contributed by atoms with Crippen molar-refractivity contribution in [1.82, 2.24) is 35.2 Å². The first kappa shape index (κ1) is 55.4. The summed E-state index contributed by atoms with van der Waals surface area (Å²) in [6, 6.07) is 26.5. The predicted molar refractivity (Wildman–Crippen MR) is 295 cm³/mol. The first-order valence-corrected chi connectivity index (χ1v) is 27.5. The molecule has 17 nitrogen and oxygen atoms in total. The number of unbranched alkanes of at least 4 members (excludes halogenated alkanes) is 9. The summed E-state index contributed by atoms with van der Waals surface area (Å²) in [6.07, 6.45) is 14.8. The molecule has 1 unspecified atom stereocenters. The van der Waals surface area contributed by atoms with Crippen molar-refractivity contribution in [2.24, 2.45) is 0 Å². The molecule has 0 saturated carbocycles. The number of aliphatic hydroxyl groups is 1. The molecule has 5 N–H and O–H groups in total. The molecule has 76 heavy (non-hydrogen) atoms. The van der Waals surface area contributed by atoms with Crippen molar-refractivity contribution in [3.63, 3.8) is 0 Å². The van der Waals surface area contributed by atoms with E-state index in [4.69, 9.17) is 23.2 Å². The number of hydrogen-bond donors (Lipinski definition) is 5. The Bertz CT molecular complexity index is 2800. The van der Waals surface area contributed by atoms with E-state index < -0.39 is 23.5 Å². The van der Waals surface area contributed by atoms with Gasteiger partial charge in [0.15, 0.2) is 5.69 Å². The fourth-order valence-electron chi connectivity index (χ4n) is 9.95. The smallest absolute Gasteiger partial charge is 0.271 e. The van der Waals surface area contributed by atoms with Crippen molar-refractivity contribution in [3.8, 4) is 16.9 Å². The number of nitrogens with one attached hydrogen (secondary N) is 4. The van der Waals surface area contributed by atoms with Crippen LogP contribution in [0.5, 0.6) is 0 Å². The maximum absolute atomic E-state index is 13.7. The summed E-state index contributed by atoms with van der Waals surface area (Å²) in [5.74, 6) is -1.05. The third-order valence-corrected chi connectivity index (χ3v) is 15.2. The lowest BCUT2D eigenvalue weighted by Gasteiger charge is -2.38. The van der Waals surface area contributed by atoms with E-state index in [1.165, 1.54) is 23.2 Å². The molecule has 3 saturated heterocycles. The number of piperidine rings is 2. The number of para-hydroxylation sites is 1. The zero-order valence-corrected chi connectivity index (χ0v) is 44.4. The number of piperazine rings is 1. The minimum Gasteiger partial charge on any atom is -0.388 e. The molecule has 3 fully saturated rings. The quantitative estimate of drug-likeness (QED) is 0.0308. The van der Waals surface area contributed by atoms with E-state index in [0.717, 1.165) is 82.3 Å². The first-order valence-electron chi connectivity index (χ1n) is 26.7. The number of carbonyl (C=O) groups excluding carboxylic acids is 6. The van der Waals surface area contributed by atoms with Gasteiger partial charge >= 0.3 is 0 Å². The van der Waals surface area contributed by atoms with E-state index in [-0.39, 0.29) is 52.3 Å². The Balaban J connectivity index is 0.662. The molecule has 6 amide bonds. The summed E-state index contributed by atoms with van der Waals surface area (Å²) in [4.78, 5) is 87.2. The minimum atomic E-state index is -1.20. The Morgan fingerprint density at radius 3 is 1.92 bits per heavy atom. The SMILES string of the molecule is O=C1CCC(Nc2ccc(N3CCN(C(=O)CCCCCCCCCCCCC(=O)N4CCC(O)(CNC(=O)c5cc(NC(=O)c6cc(-c7ccccn7)c(Cl)cc6Cl)n(-c6ccccc6)n5)CC4)CC3)cc2)C(=O)N1. The monoisotopic (exact) mass is 1070 g/mol. The average Bonchev–Trinajstić information content (AvgIpc) is 3.87. The van der Waals surface area contributed by atoms with Crippen LogP contribution in [-0.4, -0.2) is 123 Å². The second-order valence-corrected chi connectivity index (χ2v) is 20.8. The largest absolute Gasteiger partial charge is 0.388 e. The first-order chi connectivity index (χ1) is 36.8. The zero-order chi connectivity index (χ0) is 53.4. The standard InChI is InChI=1S/C57H68Cl2N10O7/c58-45-37-46(59)44(36-43(45)47-18-14-15-29-60-47)54(73)63-50-38-49(65-69(50)42-16-10-9-11-17-42)55(74)61-39-57(76)27-30-67(31-28-57)52(71)19-12-7-5-3-1-2-4-6-8-13-20-53(72)68-34-32-66(33-35-68)41-23-21-40(22-24-41)62-48-25-26-51(70)64-56(48)75/h9-11,14-18,21-24,29,36-38,48,62,76H,1-8,12-13,19-20,25-28,30-35,39H2,(H,61,74)(H,63,73)(H,64,70,75). The Morgan fingerprint density at radius 1 is 0.684 bits per heavy atom. The van der Waals surface area contributed by atoms with E-state index >= 15 is 0 Å². The molecular formula is C57H68Cl2N10O7. The highest BCUT2D eigenvalue weighted by Gasteiger charge is 2.35. The molecule has 2 aromatic heterocycles. The van der Waals surface area contributed by atoms with Gasteiger partial charge < -0.3 is 35.8 Å². The van der Waals surface area contributed by atoms with E-state index in [9.17, 15) is 33.9 Å². The number of anilines is 3. The summed E-state index contributed by atoms with van der Waals surface area (Å²) < 4.78 is 1.45. The molecule has 0 radical (unpaired) electrons. The van der Waals surface area contributed by atoms with Gasteiger partial charge in [0.05, 0.1) is 32.6 Å². The zero-order valence-electron chi connectivity index (χ0n) is 42.9. The maximum atomic E-state index is 13.7. The summed E-state index contributed by atoms with van der Waals surface area (Å²) in [5, 5.41) is 27.7. The van der Waals surface area contributed by atoms with Crippen LogP contribution < -0.4 is 26.2 Å². The van der Waals surface area contributed by atoms with Crippen LogP contribution in [0.4, 0.5) is 17.2 Å². The number of likely N-dealkylation sites (tertiary alicyclic amines) is 1. The fourth-order valence-corrected chi connectivity index (χ4v) is 10.5. The van der Waals surface area contributed by atoms with Gasteiger partial charge in [0.25, 0.3) is 11.8 Å². The van der Waals surface area contributed by atoms with Crippen LogP contribution in [0.1, 0.15) is 124 Å². The van der Waals surface area contributed by atoms with Gasteiger partial charge in [-0.05, 0) is 92.8 Å². The van der Waals surface area contributed by atoms with Gasteiger partial charge in [-0.25, -0.2) is 4.68 Å². The van der Waals surface area contributed by atoms with Crippen LogP contribution in [0.25, 0.3) is 16.9 Å². The number of halogens is 2. The van der Waals surface area contributed by atoms with Crippen LogP contribution in [0.15, 0.2) is 97.2 Å². The Hall–Kier alpha value is -6.82. The summed E-state index contributed by atoms with van der Waals surface area (Å²) in [5.41, 5.74) is 2.60. The van der Waals surface area contributed by atoms with Crippen LogP contribution in [-0.2, 0) is 19.2 Å². The van der Waals surface area contributed by atoms with Crippen molar-refractivity contribution in [2.45, 2.75) is 114 Å². The van der Waals surface area contributed by atoms with E-state index in [0.29, 0.717) is 86.7 Å². The van der Waals surface area contributed by atoms with Crippen molar-refractivity contribution < 1.29 is 33.9 Å². The number of carbonyl (C=O) groups is 6. The summed E-state index contributed by atoms with van der Waals surface area (Å²) in [7, 11) is 0. The number of nitrogens with zero attached hydrogens (tertiary/aromatic N) is 6. The number of rotatable bonds is 23. The lowest BCUT2D eigenvalue weighted by Crippen LogP contribution is -2.52. The van der Waals surface area contributed by atoms with Gasteiger partial charge in [0.1, 0.15) is 11.9 Å². The van der Waals surface area contributed by atoms with Crippen molar-refractivity contribution in [1.29, 1.82) is 0 Å². The number of hydrogen-bond acceptors (Lipinski definition) is 11. The molecule has 5 heterocycles. The third kappa shape index (κ3) is 15.2. The van der Waals surface area contributed by atoms with Gasteiger partial charge in [-0.15, -0.1) is 0 Å². The van der Waals surface area contributed by atoms with Crippen molar-refractivity contribution in [2.75, 3.05) is 61.3 Å². The molecule has 5 aromatic rings. The second-order valence-electron chi connectivity index (χ2n) is 20.0. The summed E-state index contributed by atoms with van der Waals surface area (Å²) >= 11 is 13.0. The van der Waals surface area contributed by atoms with Crippen molar-refractivity contribution in [3.05, 3.63) is 118 Å². The number of imide groups is 1. The van der Waals surface area contributed by atoms with Crippen LogP contribution in [0.3, 0.4) is 0 Å². The van der Waals surface area contributed by atoms with E-state index in [1.54, 1.807) is 36.5 Å². The molecule has 0 bridgehead atoms. The predicted octanol–water partition coefficient (Wildman–Crippen LogP) is 8.82. The lowest BCUT2D eigenvalue weighted by molar-refractivity contribution is -0.136. The second kappa shape index (κ2) is 26.8. The highest BCUT2D eigenvalue weighted by atomic mass is 35.5. The molecule has 0 spiro atoms. The Labute approximate surface area is 454 Å². The Morgan fingerprint density at radius 2 is 1.30 bits per heavy atom. The molecule has 0 aliphatic carbocycles. The third-order valence-electron chi connectivity index (χ3n) is 14.5.